The third-order valence-corrected chi connectivity index (χ3v) is 8.50. The molecule has 2 aromatic carbocycles. The maximum atomic E-state index is 6.34. The van der Waals surface area contributed by atoms with E-state index in [1.807, 2.05) is 0 Å². The average Bonchev–Trinajstić information content (AvgIpc) is 2.27. The molecule has 0 unspecified atom stereocenters. The Morgan fingerprint density at radius 2 is 1.53 bits per heavy atom. The van der Waals surface area contributed by atoms with E-state index in [4.69, 9.17) is 4.43 Å². The average molecular weight is 264 g/mol. The number of rotatable bonds is 2. The number of hydrogen-bond donors (Lipinski definition) is 0. The molecule has 0 heterocycles. The molecular formula is C16H21LiOSi. The molecule has 0 aliphatic carbocycles. The van der Waals surface area contributed by atoms with Gasteiger partial charge in [-0.15, -0.1) is 0 Å². The minimum atomic E-state index is -1.74. The summed E-state index contributed by atoms with van der Waals surface area (Å²) in [5.41, 5.74) is 0. The summed E-state index contributed by atoms with van der Waals surface area (Å²) in [6.45, 7) is 11.4. The summed E-state index contributed by atoms with van der Waals surface area (Å²) in [5.74, 6) is 1.00. The first-order valence-corrected chi connectivity index (χ1v) is 9.79. The number of hydrogen-bond acceptors (Lipinski definition) is 1. The second-order valence-corrected chi connectivity index (χ2v) is 11.6. The van der Waals surface area contributed by atoms with Gasteiger partial charge in [0.25, 0.3) is 0 Å². The van der Waals surface area contributed by atoms with Crippen LogP contribution in [0.4, 0.5) is 0 Å². The minimum absolute atomic E-state index is 0.231. The molecule has 0 saturated heterocycles. The van der Waals surface area contributed by atoms with Gasteiger partial charge in [-0.1, -0.05) is 0 Å². The molecule has 0 aromatic heterocycles. The molecule has 0 saturated carbocycles. The van der Waals surface area contributed by atoms with E-state index in [-0.39, 0.29) is 5.04 Å². The molecule has 0 aliphatic heterocycles. The van der Waals surface area contributed by atoms with Crippen LogP contribution in [0.2, 0.25) is 18.1 Å². The van der Waals surface area contributed by atoms with Crippen molar-refractivity contribution in [2.24, 2.45) is 0 Å². The Kier molecular flexibility index (Phi) is 3.88. The summed E-state index contributed by atoms with van der Waals surface area (Å²) in [6, 6.07) is 13.0. The summed E-state index contributed by atoms with van der Waals surface area (Å²) < 4.78 is 7.64. The fourth-order valence-electron chi connectivity index (χ4n) is 1.85. The second kappa shape index (κ2) is 5.01. The van der Waals surface area contributed by atoms with Crippen LogP contribution >= 0.6 is 0 Å². The first-order chi connectivity index (χ1) is 8.69. The van der Waals surface area contributed by atoms with Crippen molar-refractivity contribution in [3.05, 3.63) is 36.4 Å². The van der Waals surface area contributed by atoms with E-state index in [2.05, 4.69) is 88.0 Å². The predicted molar refractivity (Wildman–Crippen MR) is 87.2 cm³/mol. The SMILES string of the molecule is [Li][c]1ccc2cc(O[Si](C)(C)C(C)(C)C)ccc2c1. The Morgan fingerprint density at radius 1 is 0.947 bits per heavy atom. The fraction of sp³-hybridized carbons (Fsp3) is 0.375. The van der Waals surface area contributed by atoms with Gasteiger partial charge >= 0.3 is 127 Å². The summed E-state index contributed by atoms with van der Waals surface area (Å²) >= 11 is 2.12. The molecule has 0 fully saturated rings. The van der Waals surface area contributed by atoms with Crippen LogP contribution in [0.5, 0.6) is 5.75 Å². The Labute approximate surface area is 126 Å². The van der Waals surface area contributed by atoms with E-state index in [0.29, 0.717) is 0 Å². The van der Waals surface area contributed by atoms with Crippen molar-refractivity contribution in [1.29, 1.82) is 0 Å². The van der Waals surface area contributed by atoms with Crippen molar-refractivity contribution in [3.8, 4) is 5.75 Å². The van der Waals surface area contributed by atoms with Gasteiger partial charge in [-0.3, -0.25) is 0 Å². The molecule has 0 atom stereocenters. The van der Waals surface area contributed by atoms with Crippen molar-refractivity contribution in [2.45, 2.75) is 38.9 Å². The van der Waals surface area contributed by atoms with Crippen LogP contribution < -0.4 is 8.66 Å². The molecule has 0 spiro atoms. The van der Waals surface area contributed by atoms with Gasteiger partial charge in [-0.2, -0.15) is 0 Å². The summed E-state index contributed by atoms with van der Waals surface area (Å²) in [7, 11) is -1.74. The molecule has 1 nitrogen and oxygen atoms in total. The van der Waals surface area contributed by atoms with Crippen molar-refractivity contribution in [1.82, 2.24) is 0 Å². The van der Waals surface area contributed by atoms with Crippen LogP contribution in [0.25, 0.3) is 10.8 Å². The van der Waals surface area contributed by atoms with Gasteiger partial charge in [0.2, 0.25) is 0 Å². The number of fused-ring (bicyclic) bond motifs is 1. The summed E-state index contributed by atoms with van der Waals surface area (Å²) in [5, 5.41) is 2.76. The van der Waals surface area contributed by atoms with E-state index in [0.717, 1.165) is 5.75 Å². The van der Waals surface area contributed by atoms with Crippen LogP contribution in [0.1, 0.15) is 20.8 Å². The molecule has 2 aromatic rings. The quantitative estimate of drug-likeness (QED) is 0.744. The summed E-state index contributed by atoms with van der Waals surface area (Å²) in [6.07, 6.45) is 0. The molecule has 2 rings (SSSR count). The van der Waals surface area contributed by atoms with Crippen LogP contribution in [0.3, 0.4) is 0 Å². The van der Waals surface area contributed by atoms with Crippen molar-refractivity contribution in [3.63, 3.8) is 0 Å². The topological polar surface area (TPSA) is 9.23 Å². The fourth-order valence-corrected chi connectivity index (χ4v) is 2.88. The van der Waals surface area contributed by atoms with Gasteiger partial charge in [-0.25, -0.2) is 0 Å². The Bertz CT molecular complexity index is 599. The number of benzene rings is 2. The van der Waals surface area contributed by atoms with Crippen LogP contribution in [-0.2, 0) is 0 Å². The van der Waals surface area contributed by atoms with Gasteiger partial charge in [0, 0.05) is 0 Å². The Morgan fingerprint density at radius 3 is 2.16 bits per heavy atom. The zero-order valence-electron chi connectivity index (χ0n) is 12.9. The van der Waals surface area contributed by atoms with E-state index in [1.54, 1.807) is 0 Å². The maximum absolute atomic E-state index is 6.34. The third kappa shape index (κ3) is 3.26. The van der Waals surface area contributed by atoms with E-state index in [1.165, 1.54) is 15.0 Å². The van der Waals surface area contributed by atoms with Crippen LogP contribution in [0, 0.1) is 0 Å². The monoisotopic (exact) mass is 264 g/mol. The van der Waals surface area contributed by atoms with Crippen molar-refractivity contribution in [2.75, 3.05) is 0 Å². The standard InChI is InChI=1S/C16H21OSi.Li/c1-16(2,3)18(4,5)17-15-11-10-13-8-6-7-9-14(13)12-15;/h7-12H,1-5H3;. The third-order valence-electron chi connectivity index (χ3n) is 4.15. The van der Waals surface area contributed by atoms with Crippen LogP contribution in [-0.4, -0.2) is 26.0 Å². The van der Waals surface area contributed by atoms with Crippen molar-refractivity contribution < 1.29 is 4.43 Å². The van der Waals surface area contributed by atoms with Gasteiger partial charge in [-0.05, 0) is 0 Å². The molecule has 0 aliphatic rings. The van der Waals surface area contributed by atoms with E-state index < -0.39 is 8.32 Å². The predicted octanol–water partition coefficient (Wildman–Crippen LogP) is 4.02. The van der Waals surface area contributed by atoms with Gasteiger partial charge in [0.15, 0.2) is 0 Å². The van der Waals surface area contributed by atoms with Crippen LogP contribution in [0.15, 0.2) is 36.4 Å². The first kappa shape index (κ1) is 14.7. The molecule has 0 amide bonds. The second-order valence-electron chi connectivity index (χ2n) is 6.87. The molecule has 0 bridgehead atoms. The Balaban J connectivity index is 2.35. The molecule has 0 radical (unpaired) electrons. The summed E-state index contributed by atoms with van der Waals surface area (Å²) in [4.78, 5) is 0. The normalized spacial score (nSPS) is 12.8. The molecule has 3 heteroatoms. The van der Waals surface area contributed by atoms with Gasteiger partial charge in [0.1, 0.15) is 0 Å². The molecule has 96 valence electrons. The molecular weight excluding hydrogens is 243 g/mol. The van der Waals surface area contributed by atoms with E-state index >= 15 is 0 Å². The molecule has 0 N–H and O–H groups in total. The first-order valence-electron chi connectivity index (χ1n) is 6.88. The van der Waals surface area contributed by atoms with Gasteiger partial charge < -0.3 is 0 Å². The van der Waals surface area contributed by atoms with Crippen molar-refractivity contribution >= 4 is 41.0 Å². The zero-order chi connectivity index (χ0) is 14.3. The van der Waals surface area contributed by atoms with Gasteiger partial charge in [0.05, 0.1) is 0 Å². The molecule has 19 heavy (non-hydrogen) atoms. The zero-order valence-corrected chi connectivity index (χ0v) is 13.9. The Hall–Kier alpha value is -0.686. The van der Waals surface area contributed by atoms with E-state index in [9.17, 15) is 0 Å².